The van der Waals surface area contributed by atoms with E-state index in [0.29, 0.717) is 16.7 Å². The van der Waals surface area contributed by atoms with E-state index in [-0.39, 0.29) is 40.3 Å². The third-order valence-corrected chi connectivity index (χ3v) is 5.07. The Labute approximate surface area is 194 Å². The van der Waals surface area contributed by atoms with Crippen LogP contribution in [-0.2, 0) is 0 Å². The molecule has 11 nitrogen and oxygen atoms in total. The molecule has 11 heteroatoms. The number of nitrogens with zero attached hydrogens (tertiary/aromatic N) is 4. The molecule has 0 fully saturated rings. The van der Waals surface area contributed by atoms with Crippen LogP contribution in [0.4, 0.5) is 17.3 Å². The van der Waals surface area contributed by atoms with Crippen LogP contribution in [-0.4, -0.2) is 24.0 Å². The van der Waals surface area contributed by atoms with Crippen molar-refractivity contribution in [3.05, 3.63) is 70.8 Å². The van der Waals surface area contributed by atoms with Crippen molar-refractivity contribution in [2.45, 2.75) is 6.04 Å². The summed E-state index contributed by atoms with van der Waals surface area (Å²) in [6.07, 6.45) is 1.79. The molecule has 0 aliphatic carbocycles. The number of guanidine groups is 1. The number of nitriles is 2. The van der Waals surface area contributed by atoms with Crippen LogP contribution in [0.5, 0.6) is 11.5 Å². The van der Waals surface area contributed by atoms with E-state index in [4.69, 9.17) is 26.2 Å². The van der Waals surface area contributed by atoms with Gasteiger partial charge in [0, 0.05) is 5.56 Å². The highest BCUT2D eigenvalue weighted by molar-refractivity contribution is 5.98. The molecule has 2 heterocycles. The zero-order valence-electron chi connectivity index (χ0n) is 17.9. The molecule has 1 atom stereocenters. The third-order valence-electron chi connectivity index (χ3n) is 5.07. The Hall–Kier alpha value is -5.29. The largest absolute Gasteiger partial charge is 0.493 e. The maximum Gasteiger partial charge on any atom is 0.343 e. The first-order valence-electron chi connectivity index (χ1n) is 9.90. The molecule has 34 heavy (non-hydrogen) atoms. The maximum atomic E-state index is 12.5. The zero-order chi connectivity index (χ0) is 24.2. The molecule has 1 aliphatic heterocycles. The molecule has 6 N–H and O–H groups in total. The summed E-state index contributed by atoms with van der Waals surface area (Å²) >= 11 is 0. The molecule has 0 saturated heterocycles. The standard InChI is InChI=1S/C23H18N8O3/c1-33-16-9-13(7-8-15(16)34-22(32)12-5-3-2-4-6-12)19-17-18(26)14(10-24)20(27)30-21(17)31-23(29-19)28-11-25/h2-9,19H,1H3,(H6,26,27,28,29,30,31). The normalized spacial score (nSPS) is 13.9. The fourth-order valence-corrected chi connectivity index (χ4v) is 3.49. The van der Waals surface area contributed by atoms with Gasteiger partial charge in [0.05, 0.1) is 18.4 Å². The van der Waals surface area contributed by atoms with E-state index >= 15 is 0 Å². The van der Waals surface area contributed by atoms with Crippen LogP contribution in [0.25, 0.3) is 0 Å². The number of rotatable bonds is 4. The van der Waals surface area contributed by atoms with E-state index in [1.165, 1.54) is 7.11 Å². The summed E-state index contributed by atoms with van der Waals surface area (Å²) < 4.78 is 10.9. The Morgan fingerprint density at radius 2 is 1.91 bits per heavy atom. The number of carbonyl (C=O) groups is 1. The van der Waals surface area contributed by atoms with Crippen molar-refractivity contribution < 1.29 is 14.3 Å². The first-order chi connectivity index (χ1) is 16.5. The molecule has 4 rings (SSSR count). The predicted octanol–water partition coefficient (Wildman–Crippen LogP) is 2.29. The molecule has 0 radical (unpaired) electrons. The van der Waals surface area contributed by atoms with Crippen LogP contribution in [0.1, 0.15) is 33.1 Å². The van der Waals surface area contributed by atoms with E-state index in [0.717, 1.165) is 0 Å². The number of nitrogen functional groups attached to an aromatic ring is 2. The SMILES string of the molecule is COc1cc(C2N=C(NC#N)Nc3nc(N)c(C#N)c(N)c32)ccc1OC(=O)c1ccccc1. The van der Waals surface area contributed by atoms with Crippen LogP contribution in [0.2, 0.25) is 0 Å². The number of aromatic nitrogens is 1. The Balaban J connectivity index is 1.77. The molecule has 1 aliphatic rings. The van der Waals surface area contributed by atoms with Gasteiger partial charge in [0.25, 0.3) is 0 Å². The molecule has 1 aromatic heterocycles. The lowest BCUT2D eigenvalue weighted by molar-refractivity contribution is 0.0729. The minimum absolute atomic E-state index is 0.0258. The molecule has 1 unspecified atom stereocenters. The summed E-state index contributed by atoms with van der Waals surface area (Å²) in [7, 11) is 1.44. The van der Waals surface area contributed by atoms with Gasteiger partial charge >= 0.3 is 5.97 Å². The van der Waals surface area contributed by atoms with Crippen LogP contribution >= 0.6 is 0 Å². The lowest BCUT2D eigenvalue weighted by atomic mass is 9.95. The fraction of sp³-hybridized carbons (Fsp3) is 0.0870. The highest BCUT2D eigenvalue weighted by atomic mass is 16.6. The number of benzene rings is 2. The highest BCUT2D eigenvalue weighted by Crippen LogP contribution is 2.42. The zero-order valence-corrected chi connectivity index (χ0v) is 17.9. The van der Waals surface area contributed by atoms with E-state index in [2.05, 4.69) is 20.6 Å². The molecule has 0 bridgehead atoms. The van der Waals surface area contributed by atoms with Crippen LogP contribution in [0.15, 0.2) is 53.5 Å². The summed E-state index contributed by atoms with van der Waals surface area (Å²) in [4.78, 5) is 21.2. The van der Waals surface area contributed by atoms with Gasteiger partial charge in [-0.25, -0.2) is 14.8 Å². The van der Waals surface area contributed by atoms with Crippen LogP contribution in [0.3, 0.4) is 0 Å². The Morgan fingerprint density at radius 3 is 2.59 bits per heavy atom. The van der Waals surface area contributed by atoms with Crippen molar-refractivity contribution in [2.24, 2.45) is 4.99 Å². The number of esters is 1. The van der Waals surface area contributed by atoms with E-state index in [1.54, 1.807) is 54.7 Å². The number of aliphatic imine (C=N–C) groups is 1. The van der Waals surface area contributed by atoms with Crippen molar-refractivity contribution in [3.8, 4) is 23.8 Å². The topological polar surface area (TPSA) is 184 Å². The molecule has 0 spiro atoms. The van der Waals surface area contributed by atoms with Crippen molar-refractivity contribution in [2.75, 3.05) is 23.9 Å². The predicted molar refractivity (Wildman–Crippen MR) is 124 cm³/mol. The first-order valence-corrected chi connectivity index (χ1v) is 9.90. The lowest BCUT2D eigenvalue weighted by Gasteiger charge is -2.26. The van der Waals surface area contributed by atoms with Crippen molar-refractivity contribution >= 4 is 29.3 Å². The van der Waals surface area contributed by atoms with E-state index in [1.807, 2.05) is 6.07 Å². The van der Waals surface area contributed by atoms with Crippen molar-refractivity contribution in [1.29, 1.82) is 10.5 Å². The average molecular weight is 454 g/mol. The fourth-order valence-electron chi connectivity index (χ4n) is 3.49. The molecule has 0 amide bonds. The molecule has 0 saturated carbocycles. The first kappa shape index (κ1) is 21.9. The maximum absolute atomic E-state index is 12.5. The second-order valence-electron chi connectivity index (χ2n) is 7.07. The minimum Gasteiger partial charge on any atom is -0.493 e. The smallest absolute Gasteiger partial charge is 0.343 e. The van der Waals surface area contributed by atoms with Gasteiger partial charge in [-0.1, -0.05) is 24.3 Å². The number of fused-ring (bicyclic) bond motifs is 1. The number of hydrogen-bond donors (Lipinski definition) is 4. The second-order valence-corrected chi connectivity index (χ2v) is 7.07. The van der Waals surface area contributed by atoms with Gasteiger partial charge in [-0.3, -0.25) is 5.32 Å². The van der Waals surface area contributed by atoms with Gasteiger partial charge in [-0.15, -0.1) is 0 Å². The number of hydrogen-bond acceptors (Lipinski definition) is 11. The lowest BCUT2D eigenvalue weighted by Crippen LogP contribution is -2.32. The van der Waals surface area contributed by atoms with Gasteiger partial charge in [0.1, 0.15) is 29.3 Å². The molecule has 3 aromatic rings. The summed E-state index contributed by atoms with van der Waals surface area (Å²) in [5, 5.41) is 23.8. The van der Waals surface area contributed by atoms with Crippen LogP contribution < -0.4 is 31.6 Å². The number of methoxy groups -OCH3 is 1. The second kappa shape index (κ2) is 9.06. The number of anilines is 3. The van der Waals surface area contributed by atoms with Crippen molar-refractivity contribution in [3.63, 3.8) is 0 Å². The quantitative estimate of drug-likeness (QED) is 0.197. The van der Waals surface area contributed by atoms with E-state index < -0.39 is 12.0 Å². The Kier molecular flexibility index (Phi) is 5.84. The third kappa shape index (κ3) is 3.97. The van der Waals surface area contributed by atoms with Gasteiger partial charge in [0.2, 0.25) is 5.96 Å². The number of carbonyl (C=O) groups excluding carboxylic acids is 1. The van der Waals surface area contributed by atoms with Gasteiger partial charge in [-0.2, -0.15) is 10.5 Å². The summed E-state index contributed by atoms with van der Waals surface area (Å²) in [6, 6.07) is 14.6. The number of nitrogens with one attached hydrogen (secondary N) is 2. The molecule has 168 valence electrons. The Morgan fingerprint density at radius 1 is 1.15 bits per heavy atom. The summed E-state index contributed by atoms with van der Waals surface area (Å²) in [5.74, 6) is 0.257. The van der Waals surface area contributed by atoms with Gasteiger partial charge in [-0.05, 0) is 29.8 Å². The summed E-state index contributed by atoms with van der Waals surface area (Å²) in [5.41, 5.74) is 13.6. The highest BCUT2D eigenvalue weighted by Gasteiger charge is 2.30. The van der Waals surface area contributed by atoms with E-state index in [9.17, 15) is 10.1 Å². The number of nitrogens with two attached hydrogens (primary N) is 2. The van der Waals surface area contributed by atoms with Gasteiger partial charge in [0.15, 0.2) is 17.7 Å². The molecule has 2 aromatic carbocycles. The average Bonchev–Trinajstić information content (AvgIpc) is 2.84. The molecular formula is C23H18N8O3. The van der Waals surface area contributed by atoms with Crippen LogP contribution in [0, 0.1) is 22.8 Å². The molecular weight excluding hydrogens is 436 g/mol. The summed E-state index contributed by atoms with van der Waals surface area (Å²) in [6.45, 7) is 0. The minimum atomic E-state index is -0.764. The van der Waals surface area contributed by atoms with Crippen molar-refractivity contribution in [1.82, 2.24) is 10.3 Å². The number of ether oxygens (including phenoxy) is 2. The number of pyridine rings is 1. The Bertz CT molecular complexity index is 1390. The van der Waals surface area contributed by atoms with Gasteiger partial charge < -0.3 is 26.3 Å². The monoisotopic (exact) mass is 454 g/mol.